The fourth-order valence-corrected chi connectivity index (χ4v) is 2.48. The van der Waals surface area contributed by atoms with Gasteiger partial charge >= 0.3 is 0 Å². The van der Waals surface area contributed by atoms with Crippen LogP contribution in [0.15, 0.2) is 48.5 Å². The van der Waals surface area contributed by atoms with Crippen molar-refractivity contribution in [2.24, 2.45) is 0 Å². The van der Waals surface area contributed by atoms with Crippen LogP contribution < -0.4 is 10.2 Å². The first-order chi connectivity index (χ1) is 10.5. The number of imide groups is 1. The van der Waals surface area contributed by atoms with Crippen molar-refractivity contribution in [3.05, 3.63) is 59.4 Å². The third-order valence-corrected chi connectivity index (χ3v) is 3.67. The minimum atomic E-state index is -0.659. The minimum absolute atomic E-state index is 0.0544. The molecule has 1 N–H and O–H groups in total. The van der Waals surface area contributed by atoms with Crippen LogP contribution in [-0.4, -0.2) is 17.9 Å². The van der Waals surface area contributed by atoms with E-state index in [-0.39, 0.29) is 24.1 Å². The lowest BCUT2D eigenvalue weighted by Crippen LogP contribution is -2.34. The molecule has 2 aromatic carbocycles. The molecular formula is C16H12ClFN2O2. The molecule has 1 atom stereocenters. The first-order valence-electron chi connectivity index (χ1n) is 6.69. The van der Waals surface area contributed by atoms with Crippen molar-refractivity contribution in [3.63, 3.8) is 0 Å². The quantitative estimate of drug-likeness (QED) is 0.884. The van der Waals surface area contributed by atoms with E-state index >= 15 is 0 Å². The molecule has 1 fully saturated rings. The van der Waals surface area contributed by atoms with Gasteiger partial charge in [-0.25, -0.2) is 9.29 Å². The molecule has 0 aromatic heterocycles. The summed E-state index contributed by atoms with van der Waals surface area (Å²) in [5, 5.41) is 3.49. The van der Waals surface area contributed by atoms with Crippen LogP contribution in [0.3, 0.4) is 0 Å². The third-order valence-electron chi connectivity index (χ3n) is 3.42. The van der Waals surface area contributed by atoms with E-state index in [1.807, 2.05) is 0 Å². The molecule has 0 saturated carbocycles. The maximum atomic E-state index is 12.9. The number of anilines is 2. The largest absolute Gasteiger partial charge is 0.373 e. The van der Waals surface area contributed by atoms with Crippen molar-refractivity contribution in [2.45, 2.75) is 12.5 Å². The van der Waals surface area contributed by atoms with E-state index in [1.54, 1.807) is 24.3 Å². The molecule has 2 aromatic rings. The van der Waals surface area contributed by atoms with E-state index in [4.69, 9.17) is 11.6 Å². The number of hydrogen-bond acceptors (Lipinski definition) is 3. The lowest BCUT2D eigenvalue weighted by atomic mass is 10.2. The number of benzene rings is 2. The van der Waals surface area contributed by atoms with Crippen molar-refractivity contribution in [1.82, 2.24) is 0 Å². The van der Waals surface area contributed by atoms with Crippen LogP contribution >= 0.6 is 11.6 Å². The molecule has 3 rings (SSSR count). The van der Waals surface area contributed by atoms with Crippen molar-refractivity contribution in [1.29, 1.82) is 0 Å². The summed E-state index contributed by atoms with van der Waals surface area (Å²) in [5.74, 6) is -0.981. The smallest absolute Gasteiger partial charge is 0.256 e. The zero-order valence-electron chi connectivity index (χ0n) is 11.4. The number of rotatable bonds is 3. The molecule has 1 heterocycles. The van der Waals surface area contributed by atoms with E-state index < -0.39 is 6.04 Å². The van der Waals surface area contributed by atoms with Gasteiger partial charge in [-0.3, -0.25) is 9.59 Å². The Kier molecular flexibility index (Phi) is 3.81. The monoisotopic (exact) mass is 318 g/mol. The number of nitrogens with one attached hydrogen (secondary N) is 1. The maximum Gasteiger partial charge on any atom is 0.256 e. The van der Waals surface area contributed by atoms with Gasteiger partial charge < -0.3 is 5.32 Å². The molecule has 1 aliphatic rings. The number of carbonyl (C=O) groups is 2. The van der Waals surface area contributed by atoms with Gasteiger partial charge in [0.15, 0.2) is 0 Å². The van der Waals surface area contributed by atoms with Gasteiger partial charge in [0.1, 0.15) is 11.9 Å². The predicted octanol–water partition coefficient (Wildman–Crippen LogP) is 3.22. The van der Waals surface area contributed by atoms with Gasteiger partial charge in [0, 0.05) is 10.7 Å². The first-order valence-corrected chi connectivity index (χ1v) is 7.07. The minimum Gasteiger partial charge on any atom is -0.373 e. The Balaban J connectivity index is 1.79. The fourth-order valence-electron chi connectivity index (χ4n) is 2.35. The van der Waals surface area contributed by atoms with Crippen LogP contribution in [0, 0.1) is 5.82 Å². The molecule has 1 saturated heterocycles. The van der Waals surface area contributed by atoms with E-state index in [2.05, 4.69) is 5.32 Å². The SMILES string of the molecule is O=C1C[C@@H](Nc2ccc(F)cc2)C(=O)N1c1ccc(Cl)cc1. The van der Waals surface area contributed by atoms with E-state index in [1.165, 1.54) is 24.3 Å². The molecule has 112 valence electrons. The lowest BCUT2D eigenvalue weighted by molar-refractivity contribution is -0.121. The summed E-state index contributed by atoms with van der Waals surface area (Å²) in [5.41, 5.74) is 1.08. The van der Waals surface area contributed by atoms with Crippen LogP contribution in [0.2, 0.25) is 5.02 Å². The van der Waals surface area contributed by atoms with Gasteiger partial charge in [0.25, 0.3) is 5.91 Å². The number of carbonyl (C=O) groups excluding carboxylic acids is 2. The van der Waals surface area contributed by atoms with E-state index in [0.717, 1.165) is 4.90 Å². The van der Waals surface area contributed by atoms with Gasteiger partial charge in [0.2, 0.25) is 5.91 Å². The Labute approximate surface area is 131 Å². The van der Waals surface area contributed by atoms with Crippen molar-refractivity contribution >= 4 is 34.8 Å². The van der Waals surface area contributed by atoms with Gasteiger partial charge in [-0.1, -0.05) is 11.6 Å². The van der Waals surface area contributed by atoms with Crippen LogP contribution in [-0.2, 0) is 9.59 Å². The highest BCUT2D eigenvalue weighted by atomic mass is 35.5. The molecule has 1 aliphatic heterocycles. The molecule has 0 aliphatic carbocycles. The number of amides is 2. The Bertz CT molecular complexity index is 716. The number of nitrogens with zero attached hydrogens (tertiary/aromatic N) is 1. The van der Waals surface area contributed by atoms with Crippen LogP contribution in [0.4, 0.5) is 15.8 Å². The van der Waals surface area contributed by atoms with Crippen molar-refractivity contribution in [3.8, 4) is 0 Å². The standard InChI is InChI=1S/C16H12ClFN2O2/c17-10-1-7-13(8-2-10)20-15(21)9-14(16(20)22)19-12-5-3-11(18)4-6-12/h1-8,14,19H,9H2/t14-/m1/s1. The summed E-state index contributed by atoms with van der Waals surface area (Å²) >= 11 is 5.81. The highest BCUT2D eigenvalue weighted by Crippen LogP contribution is 2.26. The Morgan fingerprint density at radius 3 is 2.32 bits per heavy atom. The fraction of sp³-hybridized carbons (Fsp3) is 0.125. The summed E-state index contributed by atoms with van der Waals surface area (Å²) in [6, 6.07) is 11.5. The molecule has 0 bridgehead atoms. The van der Waals surface area contributed by atoms with Crippen molar-refractivity contribution < 1.29 is 14.0 Å². The van der Waals surface area contributed by atoms with Gasteiger partial charge in [0.05, 0.1) is 12.1 Å². The molecule has 2 amide bonds. The lowest BCUT2D eigenvalue weighted by Gasteiger charge is -2.16. The zero-order chi connectivity index (χ0) is 15.7. The number of halogens is 2. The summed E-state index contributed by atoms with van der Waals surface area (Å²) in [6.07, 6.45) is 0.0544. The average Bonchev–Trinajstić information content (AvgIpc) is 2.77. The maximum absolute atomic E-state index is 12.9. The third kappa shape index (κ3) is 2.80. The van der Waals surface area contributed by atoms with Gasteiger partial charge in [-0.15, -0.1) is 0 Å². The average molecular weight is 319 g/mol. The Morgan fingerprint density at radius 1 is 1.05 bits per heavy atom. The second-order valence-corrected chi connectivity index (χ2v) is 5.39. The van der Waals surface area contributed by atoms with E-state index in [0.29, 0.717) is 16.4 Å². The number of hydrogen-bond donors (Lipinski definition) is 1. The van der Waals surface area contributed by atoms with E-state index in [9.17, 15) is 14.0 Å². The van der Waals surface area contributed by atoms with Crippen LogP contribution in [0.25, 0.3) is 0 Å². The second kappa shape index (κ2) is 5.77. The topological polar surface area (TPSA) is 49.4 Å². The van der Waals surface area contributed by atoms with Gasteiger partial charge in [-0.2, -0.15) is 0 Å². The van der Waals surface area contributed by atoms with Crippen LogP contribution in [0.5, 0.6) is 0 Å². The molecule has 0 spiro atoms. The van der Waals surface area contributed by atoms with Crippen molar-refractivity contribution in [2.75, 3.05) is 10.2 Å². The normalized spacial score (nSPS) is 17.9. The van der Waals surface area contributed by atoms with Gasteiger partial charge in [-0.05, 0) is 48.5 Å². The first kappa shape index (κ1) is 14.5. The highest BCUT2D eigenvalue weighted by molar-refractivity contribution is 6.30. The molecule has 0 unspecified atom stereocenters. The highest BCUT2D eigenvalue weighted by Gasteiger charge is 2.39. The molecule has 4 nitrogen and oxygen atoms in total. The summed E-state index contributed by atoms with van der Waals surface area (Å²) < 4.78 is 12.9. The molecule has 0 radical (unpaired) electrons. The zero-order valence-corrected chi connectivity index (χ0v) is 12.2. The molecule has 22 heavy (non-hydrogen) atoms. The summed E-state index contributed by atoms with van der Waals surface area (Å²) in [7, 11) is 0. The predicted molar refractivity (Wildman–Crippen MR) is 82.4 cm³/mol. The summed E-state index contributed by atoms with van der Waals surface area (Å²) in [4.78, 5) is 25.6. The Hall–Kier alpha value is -2.40. The summed E-state index contributed by atoms with van der Waals surface area (Å²) in [6.45, 7) is 0. The second-order valence-electron chi connectivity index (χ2n) is 4.95. The van der Waals surface area contributed by atoms with Crippen LogP contribution in [0.1, 0.15) is 6.42 Å². The molecular weight excluding hydrogens is 307 g/mol. The molecule has 6 heteroatoms. The Morgan fingerprint density at radius 2 is 1.68 bits per heavy atom.